The van der Waals surface area contributed by atoms with Gasteiger partial charge in [-0.15, -0.1) is 0 Å². The topological polar surface area (TPSA) is 66.6 Å². The fourth-order valence-corrected chi connectivity index (χ4v) is 1.61. The second-order valence-electron chi connectivity index (χ2n) is 5.71. The molecule has 1 atom stereocenters. The lowest BCUT2D eigenvalue weighted by atomic mass is 9.86. The number of amides is 1. The van der Waals surface area contributed by atoms with Crippen molar-refractivity contribution in [3.63, 3.8) is 0 Å². The van der Waals surface area contributed by atoms with Gasteiger partial charge < -0.3 is 15.7 Å². The summed E-state index contributed by atoms with van der Waals surface area (Å²) in [6.45, 7) is 6.27. The highest BCUT2D eigenvalue weighted by atomic mass is 16.3. The van der Waals surface area contributed by atoms with Gasteiger partial charge in [0.15, 0.2) is 0 Å². The van der Waals surface area contributed by atoms with Crippen molar-refractivity contribution in [1.29, 1.82) is 0 Å². The van der Waals surface area contributed by atoms with Gasteiger partial charge in [-0.1, -0.05) is 32.9 Å². The average molecular weight is 250 g/mol. The van der Waals surface area contributed by atoms with Crippen molar-refractivity contribution in [3.05, 3.63) is 29.8 Å². The van der Waals surface area contributed by atoms with Gasteiger partial charge in [-0.2, -0.15) is 0 Å². The van der Waals surface area contributed by atoms with Gasteiger partial charge in [-0.25, -0.2) is 0 Å². The SMILES string of the molecule is CN(Cc1cccc(O)c1)C(=O)[C@H](N)C(C)(C)C. The summed E-state index contributed by atoms with van der Waals surface area (Å²) in [5.41, 5.74) is 6.56. The quantitative estimate of drug-likeness (QED) is 0.858. The van der Waals surface area contributed by atoms with Crippen LogP contribution in [0.25, 0.3) is 0 Å². The summed E-state index contributed by atoms with van der Waals surface area (Å²) in [4.78, 5) is 13.7. The van der Waals surface area contributed by atoms with Crippen molar-refractivity contribution in [2.24, 2.45) is 11.1 Å². The molecule has 100 valence electrons. The minimum absolute atomic E-state index is 0.0918. The first-order valence-electron chi connectivity index (χ1n) is 6.00. The van der Waals surface area contributed by atoms with Crippen LogP contribution in [0.4, 0.5) is 0 Å². The fraction of sp³-hybridized carbons (Fsp3) is 0.500. The molecule has 0 aromatic heterocycles. The molecule has 1 aromatic carbocycles. The van der Waals surface area contributed by atoms with Crippen molar-refractivity contribution in [1.82, 2.24) is 4.90 Å². The first-order valence-corrected chi connectivity index (χ1v) is 6.00. The summed E-state index contributed by atoms with van der Waals surface area (Å²) < 4.78 is 0. The minimum Gasteiger partial charge on any atom is -0.508 e. The van der Waals surface area contributed by atoms with E-state index in [1.807, 2.05) is 26.8 Å². The molecule has 4 nitrogen and oxygen atoms in total. The van der Waals surface area contributed by atoms with Crippen LogP contribution in [0.5, 0.6) is 5.75 Å². The molecule has 0 aliphatic heterocycles. The average Bonchev–Trinajstić information content (AvgIpc) is 2.25. The Morgan fingerprint density at radius 2 is 2.06 bits per heavy atom. The Labute approximate surface area is 108 Å². The zero-order valence-corrected chi connectivity index (χ0v) is 11.5. The normalized spacial score (nSPS) is 13.2. The Bertz CT molecular complexity index is 424. The van der Waals surface area contributed by atoms with Crippen LogP contribution in [-0.2, 0) is 11.3 Å². The number of rotatable bonds is 3. The van der Waals surface area contributed by atoms with Crippen molar-refractivity contribution >= 4 is 5.91 Å². The Hall–Kier alpha value is -1.55. The second-order valence-corrected chi connectivity index (χ2v) is 5.71. The first kappa shape index (κ1) is 14.5. The van der Waals surface area contributed by atoms with E-state index in [0.717, 1.165) is 5.56 Å². The van der Waals surface area contributed by atoms with E-state index in [1.165, 1.54) is 0 Å². The smallest absolute Gasteiger partial charge is 0.240 e. The highest BCUT2D eigenvalue weighted by Gasteiger charge is 2.29. The summed E-state index contributed by atoms with van der Waals surface area (Å²) in [7, 11) is 1.72. The number of aromatic hydroxyl groups is 1. The van der Waals surface area contributed by atoms with E-state index >= 15 is 0 Å². The molecule has 1 amide bonds. The third-order valence-electron chi connectivity index (χ3n) is 2.91. The van der Waals surface area contributed by atoms with E-state index in [0.29, 0.717) is 6.54 Å². The van der Waals surface area contributed by atoms with Gasteiger partial charge >= 0.3 is 0 Å². The highest BCUT2D eigenvalue weighted by Crippen LogP contribution is 2.20. The van der Waals surface area contributed by atoms with Gasteiger partial charge in [0.2, 0.25) is 5.91 Å². The highest BCUT2D eigenvalue weighted by molar-refractivity contribution is 5.82. The number of nitrogens with two attached hydrogens (primary N) is 1. The molecule has 1 rings (SSSR count). The Morgan fingerprint density at radius 1 is 1.44 bits per heavy atom. The molecule has 0 heterocycles. The molecular formula is C14H22N2O2. The third kappa shape index (κ3) is 3.74. The van der Waals surface area contributed by atoms with Crippen molar-refractivity contribution in [3.8, 4) is 5.75 Å². The van der Waals surface area contributed by atoms with Crippen LogP contribution in [-0.4, -0.2) is 29.0 Å². The Balaban J connectivity index is 2.71. The monoisotopic (exact) mass is 250 g/mol. The van der Waals surface area contributed by atoms with E-state index in [4.69, 9.17) is 5.73 Å². The predicted octanol–water partition coefficient (Wildman–Crippen LogP) is 1.72. The van der Waals surface area contributed by atoms with Gasteiger partial charge in [-0.3, -0.25) is 4.79 Å². The van der Waals surface area contributed by atoms with E-state index in [-0.39, 0.29) is 17.1 Å². The molecular weight excluding hydrogens is 228 g/mol. The number of phenolic OH excluding ortho intramolecular Hbond substituents is 1. The maximum atomic E-state index is 12.1. The van der Waals surface area contributed by atoms with Gasteiger partial charge in [0, 0.05) is 13.6 Å². The molecule has 1 aromatic rings. The lowest BCUT2D eigenvalue weighted by Crippen LogP contribution is -2.48. The predicted molar refractivity (Wildman–Crippen MR) is 72.0 cm³/mol. The second kappa shape index (κ2) is 5.40. The van der Waals surface area contributed by atoms with E-state index < -0.39 is 6.04 Å². The molecule has 3 N–H and O–H groups in total. The summed E-state index contributed by atoms with van der Waals surface area (Å²) in [6, 6.07) is 6.34. The van der Waals surface area contributed by atoms with Crippen LogP contribution in [0.3, 0.4) is 0 Å². The largest absolute Gasteiger partial charge is 0.508 e. The molecule has 4 heteroatoms. The molecule has 0 radical (unpaired) electrons. The summed E-state index contributed by atoms with van der Waals surface area (Å²) in [5.74, 6) is 0.110. The van der Waals surface area contributed by atoms with Crippen molar-refractivity contribution < 1.29 is 9.90 Å². The third-order valence-corrected chi connectivity index (χ3v) is 2.91. The summed E-state index contributed by atoms with van der Waals surface area (Å²) in [6.07, 6.45) is 0. The number of phenols is 1. The van der Waals surface area contributed by atoms with E-state index in [1.54, 1.807) is 30.1 Å². The molecule has 0 spiro atoms. The molecule has 0 aliphatic rings. The Kier molecular flexibility index (Phi) is 4.35. The molecule has 0 aliphatic carbocycles. The van der Waals surface area contributed by atoms with Crippen LogP contribution in [0, 0.1) is 5.41 Å². The molecule has 0 bridgehead atoms. The molecule has 0 saturated heterocycles. The first-order chi connectivity index (χ1) is 8.21. The maximum Gasteiger partial charge on any atom is 0.240 e. The minimum atomic E-state index is -0.528. The molecule has 18 heavy (non-hydrogen) atoms. The van der Waals surface area contributed by atoms with Gasteiger partial charge in [0.25, 0.3) is 0 Å². The van der Waals surface area contributed by atoms with Crippen LogP contribution in [0.1, 0.15) is 26.3 Å². The number of benzene rings is 1. The Morgan fingerprint density at radius 3 is 2.56 bits per heavy atom. The van der Waals surface area contributed by atoms with Gasteiger partial charge in [0.1, 0.15) is 5.75 Å². The summed E-state index contributed by atoms with van der Waals surface area (Å²) in [5, 5.41) is 9.37. The molecule has 0 fully saturated rings. The fourth-order valence-electron chi connectivity index (χ4n) is 1.61. The number of hydrogen-bond acceptors (Lipinski definition) is 3. The molecule has 0 saturated carbocycles. The zero-order chi connectivity index (χ0) is 13.9. The number of nitrogens with zero attached hydrogens (tertiary/aromatic N) is 1. The molecule has 0 unspecified atom stereocenters. The van der Waals surface area contributed by atoms with Crippen LogP contribution < -0.4 is 5.73 Å². The van der Waals surface area contributed by atoms with Gasteiger partial charge in [0.05, 0.1) is 6.04 Å². The van der Waals surface area contributed by atoms with E-state index in [2.05, 4.69) is 0 Å². The number of carbonyl (C=O) groups excluding carboxylic acids is 1. The van der Waals surface area contributed by atoms with Crippen LogP contribution >= 0.6 is 0 Å². The van der Waals surface area contributed by atoms with Crippen molar-refractivity contribution in [2.45, 2.75) is 33.4 Å². The summed E-state index contributed by atoms with van der Waals surface area (Å²) >= 11 is 0. The number of carbonyl (C=O) groups is 1. The van der Waals surface area contributed by atoms with Crippen molar-refractivity contribution in [2.75, 3.05) is 7.05 Å². The maximum absolute atomic E-state index is 12.1. The number of likely N-dealkylation sites (N-methyl/N-ethyl adjacent to an activating group) is 1. The number of hydrogen-bond donors (Lipinski definition) is 2. The van der Waals surface area contributed by atoms with Gasteiger partial charge in [-0.05, 0) is 23.1 Å². The lowest BCUT2D eigenvalue weighted by molar-refractivity contribution is -0.134. The van der Waals surface area contributed by atoms with E-state index in [9.17, 15) is 9.90 Å². The standard InChI is InChI=1S/C14H22N2O2/c1-14(2,3)12(15)13(18)16(4)9-10-6-5-7-11(17)8-10/h5-8,12,17H,9,15H2,1-4H3/t12-/m0/s1. The van der Waals surface area contributed by atoms with Crippen LogP contribution in [0.15, 0.2) is 24.3 Å². The van der Waals surface area contributed by atoms with Crippen LogP contribution in [0.2, 0.25) is 0 Å². The lowest BCUT2D eigenvalue weighted by Gasteiger charge is -2.30. The zero-order valence-electron chi connectivity index (χ0n) is 11.5.